The number of halogens is 1. The molecule has 0 aliphatic rings. The zero-order valence-corrected chi connectivity index (χ0v) is 16.0. The number of hydrogen-bond acceptors (Lipinski definition) is 5. The van der Waals surface area contributed by atoms with E-state index >= 15 is 0 Å². The normalized spacial score (nSPS) is 10.5. The molecule has 1 heterocycles. The molecule has 0 radical (unpaired) electrons. The van der Waals surface area contributed by atoms with Crippen LogP contribution in [0.3, 0.4) is 0 Å². The number of nitrogens with zero attached hydrogens (tertiary/aromatic N) is 1. The van der Waals surface area contributed by atoms with Gasteiger partial charge in [-0.3, -0.25) is 4.79 Å². The Hall–Kier alpha value is -2.99. The third-order valence-electron chi connectivity index (χ3n) is 4.16. The number of carbonyl (C=O) groups excluding carboxylic acids is 1. The second-order valence-electron chi connectivity index (χ2n) is 5.87. The molecule has 0 atom stereocenters. The average Bonchev–Trinajstić information content (AvgIpc) is 3.04. The molecule has 0 aliphatic carbocycles. The fourth-order valence-electron chi connectivity index (χ4n) is 2.55. The van der Waals surface area contributed by atoms with Crippen LogP contribution in [0.25, 0.3) is 0 Å². The van der Waals surface area contributed by atoms with Crippen LogP contribution in [0, 0.1) is 13.8 Å². The third kappa shape index (κ3) is 4.06. The van der Waals surface area contributed by atoms with Crippen molar-refractivity contribution in [1.82, 2.24) is 5.16 Å². The zero-order chi connectivity index (χ0) is 19.4. The van der Waals surface area contributed by atoms with E-state index in [0.717, 1.165) is 5.56 Å². The summed E-state index contributed by atoms with van der Waals surface area (Å²) in [6.45, 7) is 3.68. The summed E-state index contributed by atoms with van der Waals surface area (Å²) >= 11 is 6.11. The lowest BCUT2D eigenvalue weighted by Crippen LogP contribution is -2.16. The molecule has 1 N–H and O–H groups in total. The Morgan fingerprint density at radius 2 is 1.89 bits per heavy atom. The molecule has 0 spiro atoms. The lowest BCUT2D eigenvalue weighted by Gasteiger charge is -2.11. The highest BCUT2D eigenvalue weighted by Crippen LogP contribution is 2.28. The van der Waals surface area contributed by atoms with Gasteiger partial charge in [0.05, 0.1) is 12.7 Å². The Kier molecular flexibility index (Phi) is 5.66. The molecule has 0 bridgehead atoms. The SMILES string of the molecule is COc1ccccc1OCc1c(C(=O)Nc2cccc(Cl)c2C)noc1C. The lowest BCUT2D eigenvalue weighted by atomic mass is 10.1. The van der Waals surface area contributed by atoms with Crippen molar-refractivity contribution in [2.24, 2.45) is 0 Å². The second-order valence-corrected chi connectivity index (χ2v) is 6.28. The van der Waals surface area contributed by atoms with E-state index < -0.39 is 5.91 Å². The predicted octanol–water partition coefficient (Wildman–Crippen LogP) is 4.78. The van der Waals surface area contributed by atoms with Crippen molar-refractivity contribution in [3.8, 4) is 11.5 Å². The molecule has 3 rings (SSSR count). The van der Waals surface area contributed by atoms with Crippen molar-refractivity contribution < 1.29 is 18.8 Å². The summed E-state index contributed by atoms with van der Waals surface area (Å²) in [5, 5.41) is 7.28. The maximum absolute atomic E-state index is 12.7. The van der Waals surface area contributed by atoms with Crippen LogP contribution < -0.4 is 14.8 Å². The number of hydrogen-bond donors (Lipinski definition) is 1. The molecule has 6 nitrogen and oxygen atoms in total. The first-order chi connectivity index (χ1) is 13.0. The fraction of sp³-hybridized carbons (Fsp3) is 0.200. The molecule has 1 amide bonds. The molecule has 27 heavy (non-hydrogen) atoms. The summed E-state index contributed by atoms with van der Waals surface area (Å²) in [6.07, 6.45) is 0. The van der Waals surface area contributed by atoms with E-state index in [4.69, 9.17) is 25.6 Å². The molecule has 140 valence electrons. The number of benzene rings is 2. The van der Waals surface area contributed by atoms with Gasteiger partial charge in [0.25, 0.3) is 5.91 Å². The Morgan fingerprint density at radius 1 is 1.15 bits per heavy atom. The summed E-state index contributed by atoms with van der Waals surface area (Å²) < 4.78 is 16.3. The molecule has 7 heteroatoms. The van der Waals surface area contributed by atoms with Crippen LogP contribution in [-0.4, -0.2) is 18.2 Å². The quantitative estimate of drug-likeness (QED) is 0.659. The van der Waals surface area contributed by atoms with E-state index in [9.17, 15) is 4.79 Å². The number of aromatic nitrogens is 1. The number of amides is 1. The first-order valence-corrected chi connectivity index (χ1v) is 8.66. The van der Waals surface area contributed by atoms with E-state index in [1.54, 1.807) is 44.4 Å². The second kappa shape index (κ2) is 8.14. The number of rotatable bonds is 6. The van der Waals surface area contributed by atoms with Gasteiger partial charge in [0.15, 0.2) is 17.2 Å². The predicted molar refractivity (Wildman–Crippen MR) is 103 cm³/mol. The van der Waals surface area contributed by atoms with Gasteiger partial charge < -0.3 is 19.3 Å². The van der Waals surface area contributed by atoms with Crippen molar-refractivity contribution in [2.45, 2.75) is 20.5 Å². The standard InChI is InChI=1S/C20H19ClN2O4/c1-12-15(21)7-6-8-16(12)22-20(24)19-14(13(2)27-23-19)11-26-18-10-5-4-9-17(18)25-3/h4-10H,11H2,1-3H3,(H,22,24). The van der Waals surface area contributed by atoms with Crippen LogP contribution in [0.5, 0.6) is 11.5 Å². The van der Waals surface area contributed by atoms with Gasteiger partial charge in [0.2, 0.25) is 0 Å². The highest BCUT2D eigenvalue weighted by Gasteiger charge is 2.21. The Bertz CT molecular complexity index is 968. The average molecular weight is 387 g/mol. The third-order valence-corrected chi connectivity index (χ3v) is 4.57. The molecular weight excluding hydrogens is 368 g/mol. The van der Waals surface area contributed by atoms with Crippen molar-refractivity contribution >= 4 is 23.2 Å². The maximum atomic E-state index is 12.7. The zero-order valence-electron chi connectivity index (χ0n) is 15.2. The monoisotopic (exact) mass is 386 g/mol. The van der Waals surface area contributed by atoms with E-state index in [0.29, 0.717) is 33.5 Å². The maximum Gasteiger partial charge on any atom is 0.278 e. The molecule has 0 aliphatic heterocycles. The fourth-order valence-corrected chi connectivity index (χ4v) is 2.73. The van der Waals surface area contributed by atoms with E-state index in [-0.39, 0.29) is 12.3 Å². The van der Waals surface area contributed by atoms with Gasteiger partial charge in [0, 0.05) is 10.7 Å². The van der Waals surface area contributed by atoms with E-state index in [1.165, 1.54) is 0 Å². The molecule has 0 saturated heterocycles. The molecule has 0 fully saturated rings. The number of nitrogens with one attached hydrogen (secondary N) is 1. The van der Waals surface area contributed by atoms with Crippen LogP contribution in [0.15, 0.2) is 47.0 Å². The van der Waals surface area contributed by atoms with Crippen molar-refractivity contribution in [2.75, 3.05) is 12.4 Å². The Morgan fingerprint density at radius 3 is 2.63 bits per heavy atom. The number of anilines is 1. The highest BCUT2D eigenvalue weighted by atomic mass is 35.5. The molecule has 1 aromatic heterocycles. The molecule has 0 saturated carbocycles. The smallest absolute Gasteiger partial charge is 0.278 e. The minimum atomic E-state index is -0.393. The highest BCUT2D eigenvalue weighted by molar-refractivity contribution is 6.31. The van der Waals surface area contributed by atoms with Gasteiger partial charge in [-0.2, -0.15) is 0 Å². The number of methoxy groups -OCH3 is 1. The van der Waals surface area contributed by atoms with E-state index in [1.807, 2.05) is 19.1 Å². The van der Waals surface area contributed by atoms with Gasteiger partial charge >= 0.3 is 0 Å². The summed E-state index contributed by atoms with van der Waals surface area (Å²) in [7, 11) is 1.57. The van der Waals surface area contributed by atoms with Crippen molar-refractivity contribution in [1.29, 1.82) is 0 Å². The molecule has 0 unspecified atom stereocenters. The Balaban J connectivity index is 1.80. The van der Waals surface area contributed by atoms with E-state index in [2.05, 4.69) is 10.5 Å². The summed E-state index contributed by atoms with van der Waals surface area (Å²) in [6, 6.07) is 12.6. The molecule has 2 aromatic carbocycles. The van der Waals surface area contributed by atoms with Crippen LogP contribution >= 0.6 is 11.6 Å². The van der Waals surface area contributed by atoms with Gasteiger partial charge in [-0.1, -0.05) is 35.0 Å². The summed E-state index contributed by atoms with van der Waals surface area (Å²) in [4.78, 5) is 12.7. The lowest BCUT2D eigenvalue weighted by molar-refractivity contribution is 0.101. The van der Waals surface area contributed by atoms with Gasteiger partial charge in [-0.15, -0.1) is 0 Å². The van der Waals surface area contributed by atoms with Gasteiger partial charge in [0.1, 0.15) is 12.4 Å². The van der Waals surface area contributed by atoms with Gasteiger partial charge in [-0.25, -0.2) is 0 Å². The summed E-state index contributed by atoms with van der Waals surface area (Å²) in [5.74, 6) is 1.29. The topological polar surface area (TPSA) is 73.6 Å². The summed E-state index contributed by atoms with van der Waals surface area (Å²) in [5.41, 5.74) is 2.13. The molecule has 3 aromatic rings. The van der Waals surface area contributed by atoms with Crippen LogP contribution in [0.1, 0.15) is 27.4 Å². The first kappa shape index (κ1) is 18.8. The van der Waals surface area contributed by atoms with Crippen LogP contribution in [0.4, 0.5) is 5.69 Å². The Labute approximate surface area is 162 Å². The molecular formula is C20H19ClN2O4. The first-order valence-electron chi connectivity index (χ1n) is 8.28. The number of ether oxygens (including phenoxy) is 2. The van der Waals surface area contributed by atoms with Crippen LogP contribution in [0.2, 0.25) is 5.02 Å². The van der Waals surface area contributed by atoms with Gasteiger partial charge in [-0.05, 0) is 43.7 Å². The van der Waals surface area contributed by atoms with Crippen molar-refractivity contribution in [3.63, 3.8) is 0 Å². The number of aryl methyl sites for hydroxylation is 1. The largest absolute Gasteiger partial charge is 0.493 e. The minimum Gasteiger partial charge on any atom is -0.493 e. The minimum absolute atomic E-state index is 0.118. The number of carbonyl (C=O) groups is 1. The van der Waals surface area contributed by atoms with Crippen LogP contribution in [-0.2, 0) is 6.61 Å². The van der Waals surface area contributed by atoms with Crippen molar-refractivity contribution in [3.05, 3.63) is 70.1 Å². The number of para-hydroxylation sites is 2.